The summed E-state index contributed by atoms with van der Waals surface area (Å²) in [5.41, 5.74) is -1.35. The van der Waals surface area contributed by atoms with Gasteiger partial charge in [-0.15, -0.1) is 13.2 Å². The number of rotatable bonds is 3. The fourth-order valence-electron chi connectivity index (χ4n) is 1.03. The first-order chi connectivity index (χ1) is 8.04. The Bertz CT molecular complexity index is 606. The van der Waals surface area contributed by atoms with E-state index in [0.29, 0.717) is 6.07 Å². The zero-order valence-electron chi connectivity index (χ0n) is 8.74. The molecule has 7 nitrogen and oxygen atoms in total. The topological polar surface area (TPSA) is 111 Å². The van der Waals surface area contributed by atoms with E-state index in [-0.39, 0.29) is 0 Å². The fraction of sp³-hybridized carbons (Fsp3) is 0.286. The number of hydrogen-bond acceptors (Lipinski definition) is 5. The van der Waals surface area contributed by atoms with Crippen molar-refractivity contribution in [1.29, 1.82) is 0 Å². The van der Waals surface area contributed by atoms with Gasteiger partial charge in [-0.25, -0.2) is 13.6 Å². The van der Waals surface area contributed by atoms with Gasteiger partial charge in [-0.2, -0.15) is 0 Å². The number of primary sulfonamides is 1. The summed E-state index contributed by atoms with van der Waals surface area (Å²) in [5.74, 6) is -1.70. The summed E-state index contributed by atoms with van der Waals surface area (Å²) in [6, 6.07) is 0.537. The minimum absolute atomic E-state index is 0.537. The molecule has 0 radical (unpaired) electrons. The largest absolute Gasteiger partial charge is 0.574 e. The van der Waals surface area contributed by atoms with Gasteiger partial charge in [0.1, 0.15) is 0 Å². The zero-order chi connectivity index (χ0) is 14.1. The van der Waals surface area contributed by atoms with Crippen molar-refractivity contribution >= 4 is 10.0 Å². The monoisotopic (exact) mass is 288 g/mol. The highest BCUT2D eigenvalue weighted by atomic mass is 32.2. The molecule has 1 aromatic heterocycles. The highest BCUT2D eigenvalue weighted by Crippen LogP contribution is 2.29. The normalized spacial score (nSPS) is 12.3. The summed E-state index contributed by atoms with van der Waals surface area (Å²) in [4.78, 5) is 11.9. The van der Waals surface area contributed by atoms with E-state index in [9.17, 15) is 26.4 Å². The number of pyridine rings is 1. The molecule has 0 aliphatic heterocycles. The zero-order valence-corrected chi connectivity index (χ0v) is 9.55. The number of halogens is 3. The second-order valence-corrected chi connectivity index (χ2v) is 4.48. The molecule has 0 spiro atoms. The van der Waals surface area contributed by atoms with Gasteiger partial charge in [0.15, 0.2) is 10.6 Å². The molecule has 1 heterocycles. The standard InChI is InChI=1S/C7H7F3N2O5S/c1-16-3-2-4(18(11,14)15)5(13)12-6(3)17-7(8,9)10/h2H,1H3,(H,12,13)(H2,11,14,15). The van der Waals surface area contributed by atoms with Gasteiger partial charge in [0.05, 0.1) is 7.11 Å². The third-order valence-corrected chi connectivity index (χ3v) is 2.60. The average molecular weight is 288 g/mol. The molecule has 1 rings (SSSR count). The summed E-state index contributed by atoms with van der Waals surface area (Å²) in [7, 11) is -3.42. The molecule has 0 aliphatic rings. The van der Waals surface area contributed by atoms with Gasteiger partial charge in [0.2, 0.25) is 15.9 Å². The second-order valence-electron chi connectivity index (χ2n) is 2.95. The van der Waals surface area contributed by atoms with Crippen molar-refractivity contribution in [2.75, 3.05) is 7.11 Å². The van der Waals surface area contributed by atoms with Crippen molar-refractivity contribution in [3.63, 3.8) is 0 Å². The van der Waals surface area contributed by atoms with Crippen molar-refractivity contribution in [2.45, 2.75) is 11.3 Å². The van der Waals surface area contributed by atoms with Crippen LogP contribution in [0.1, 0.15) is 0 Å². The quantitative estimate of drug-likeness (QED) is 0.808. The van der Waals surface area contributed by atoms with Crippen LogP contribution in [0.5, 0.6) is 11.6 Å². The maximum atomic E-state index is 12.0. The first-order valence-electron chi connectivity index (χ1n) is 4.14. The number of sulfonamides is 1. The lowest BCUT2D eigenvalue weighted by molar-refractivity contribution is -0.276. The van der Waals surface area contributed by atoms with Gasteiger partial charge in [0.25, 0.3) is 5.56 Å². The van der Waals surface area contributed by atoms with E-state index >= 15 is 0 Å². The first kappa shape index (κ1) is 14.3. The Hall–Kier alpha value is -1.75. The molecule has 0 atom stereocenters. The van der Waals surface area contributed by atoms with Gasteiger partial charge >= 0.3 is 6.36 Å². The Morgan fingerprint density at radius 2 is 1.94 bits per heavy atom. The summed E-state index contributed by atoms with van der Waals surface area (Å²) >= 11 is 0. The van der Waals surface area contributed by atoms with Crippen molar-refractivity contribution in [2.24, 2.45) is 5.14 Å². The fourth-order valence-corrected chi connectivity index (χ4v) is 1.61. The third kappa shape index (κ3) is 3.37. The van der Waals surface area contributed by atoms with Crippen LogP contribution >= 0.6 is 0 Å². The molecule has 102 valence electrons. The molecule has 0 unspecified atom stereocenters. The van der Waals surface area contributed by atoms with E-state index in [4.69, 9.17) is 5.14 Å². The maximum Gasteiger partial charge on any atom is 0.574 e. The van der Waals surface area contributed by atoms with Crippen LogP contribution in [0.4, 0.5) is 13.2 Å². The molecular formula is C7H7F3N2O5S. The van der Waals surface area contributed by atoms with E-state index < -0.39 is 38.5 Å². The van der Waals surface area contributed by atoms with E-state index in [2.05, 4.69) is 9.47 Å². The van der Waals surface area contributed by atoms with Crippen LogP contribution < -0.4 is 20.2 Å². The summed E-state index contributed by atoms with van der Waals surface area (Å²) < 4.78 is 65.8. The lowest BCUT2D eigenvalue weighted by Gasteiger charge is -2.12. The molecule has 18 heavy (non-hydrogen) atoms. The predicted molar refractivity (Wildman–Crippen MR) is 51.7 cm³/mol. The smallest absolute Gasteiger partial charge is 0.491 e. The first-order valence-corrected chi connectivity index (χ1v) is 5.69. The minimum atomic E-state index is -5.07. The number of H-pyrrole nitrogens is 1. The highest BCUT2D eigenvalue weighted by Gasteiger charge is 2.33. The molecule has 1 aromatic rings. The molecule has 0 saturated heterocycles. The van der Waals surface area contributed by atoms with Gasteiger partial charge in [-0.3, -0.25) is 9.78 Å². The van der Waals surface area contributed by atoms with Crippen LogP contribution in [0.15, 0.2) is 15.8 Å². The summed E-state index contributed by atoms with van der Waals surface area (Å²) in [6.45, 7) is 0. The summed E-state index contributed by atoms with van der Waals surface area (Å²) in [5, 5.41) is 4.69. The van der Waals surface area contributed by atoms with Crippen LogP contribution in [-0.2, 0) is 10.0 Å². The van der Waals surface area contributed by atoms with Crippen LogP contribution in [0, 0.1) is 0 Å². The van der Waals surface area contributed by atoms with Crippen molar-refractivity contribution in [3.05, 3.63) is 16.4 Å². The third-order valence-electron chi connectivity index (χ3n) is 1.68. The molecule has 0 bridgehead atoms. The number of ether oxygens (including phenoxy) is 2. The van der Waals surface area contributed by atoms with E-state index in [1.807, 2.05) is 0 Å². The Morgan fingerprint density at radius 1 is 1.39 bits per heavy atom. The Balaban J connectivity index is 3.42. The summed E-state index contributed by atoms with van der Waals surface area (Å²) in [6.07, 6.45) is -5.07. The van der Waals surface area contributed by atoms with Crippen LogP contribution in [-0.4, -0.2) is 26.9 Å². The molecular weight excluding hydrogens is 281 g/mol. The predicted octanol–water partition coefficient (Wildman–Crippen LogP) is -0.0705. The van der Waals surface area contributed by atoms with E-state index in [1.54, 1.807) is 4.98 Å². The van der Waals surface area contributed by atoms with Crippen molar-refractivity contribution in [1.82, 2.24) is 4.98 Å². The SMILES string of the molecule is COc1cc(S(N)(=O)=O)c(=O)[nH]c1OC(F)(F)F. The Morgan fingerprint density at radius 3 is 2.33 bits per heavy atom. The van der Waals surface area contributed by atoms with Crippen molar-refractivity contribution in [3.8, 4) is 11.6 Å². The number of aromatic amines is 1. The average Bonchev–Trinajstić information content (AvgIpc) is 2.13. The molecule has 3 N–H and O–H groups in total. The number of aromatic nitrogens is 1. The Kier molecular flexibility index (Phi) is 3.57. The van der Waals surface area contributed by atoms with E-state index in [1.165, 1.54) is 0 Å². The van der Waals surface area contributed by atoms with Crippen LogP contribution in [0.25, 0.3) is 0 Å². The van der Waals surface area contributed by atoms with Gasteiger partial charge in [-0.05, 0) is 0 Å². The molecule has 0 amide bonds. The van der Waals surface area contributed by atoms with Gasteiger partial charge < -0.3 is 9.47 Å². The number of methoxy groups -OCH3 is 1. The number of alkyl halides is 3. The maximum absolute atomic E-state index is 12.0. The number of nitrogens with one attached hydrogen (secondary N) is 1. The van der Waals surface area contributed by atoms with E-state index in [0.717, 1.165) is 7.11 Å². The molecule has 0 saturated carbocycles. The Labute approximate surface area is 98.4 Å². The van der Waals surface area contributed by atoms with Crippen molar-refractivity contribution < 1.29 is 31.1 Å². The molecule has 0 aliphatic carbocycles. The molecule has 0 fully saturated rings. The lowest BCUT2D eigenvalue weighted by atomic mass is 10.4. The van der Waals surface area contributed by atoms with Crippen LogP contribution in [0.2, 0.25) is 0 Å². The number of nitrogens with two attached hydrogens (primary N) is 1. The molecule has 0 aromatic carbocycles. The highest BCUT2D eigenvalue weighted by molar-refractivity contribution is 7.89. The van der Waals surface area contributed by atoms with Gasteiger partial charge in [-0.1, -0.05) is 0 Å². The lowest BCUT2D eigenvalue weighted by Crippen LogP contribution is -2.26. The molecule has 11 heteroatoms. The van der Waals surface area contributed by atoms with Gasteiger partial charge in [0, 0.05) is 6.07 Å². The second kappa shape index (κ2) is 4.49. The van der Waals surface area contributed by atoms with Crippen LogP contribution in [0.3, 0.4) is 0 Å². The minimum Gasteiger partial charge on any atom is -0.491 e. The number of hydrogen-bond donors (Lipinski definition) is 2.